The molecule has 134 valence electrons. The highest BCUT2D eigenvalue weighted by Crippen LogP contribution is 2.24. The van der Waals surface area contributed by atoms with Crippen LogP contribution in [0.3, 0.4) is 0 Å². The molecule has 0 aromatic carbocycles. The predicted molar refractivity (Wildman–Crippen MR) is 98.3 cm³/mol. The van der Waals surface area contributed by atoms with Gasteiger partial charge in [-0.2, -0.15) is 0 Å². The minimum atomic E-state index is -0.0697. The highest BCUT2D eigenvalue weighted by molar-refractivity contribution is 7.13. The molecule has 1 amide bonds. The van der Waals surface area contributed by atoms with Crippen LogP contribution in [0.15, 0.2) is 5.51 Å². The standard InChI is InChI=1S/C15H20ClN7OS/c1-3-11-18-13(16)10(2)14(19-11)23-6-4-22(5-7-23)8-12(24)20-15-21-17-9-25-15/h9H,3-8H2,1-2H3,(H,20,21,24). The summed E-state index contributed by atoms with van der Waals surface area (Å²) >= 11 is 7.54. The topological polar surface area (TPSA) is 87.1 Å². The van der Waals surface area contributed by atoms with Crippen molar-refractivity contribution in [2.24, 2.45) is 0 Å². The van der Waals surface area contributed by atoms with E-state index in [1.54, 1.807) is 5.51 Å². The number of anilines is 2. The van der Waals surface area contributed by atoms with Crippen LogP contribution in [0, 0.1) is 6.92 Å². The zero-order chi connectivity index (χ0) is 17.8. The molecule has 2 aromatic rings. The molecule has 1 saturated heterocycles. The van der Waals surface area contributed by atoms with Crippen LogP contribution in [0.2, 0.25) is 5.15 Å². The summed E-state index contributed by atoms with van der Waals surface area (Å²) in [5.74, 6) is 1.58. The van der Waals surface area contributed by atoms with E-state index in [0.717, 1.165) is 49.8 Å². The summed E-state index contributed by atoms with van der Waals surface area (Å²) in [5, 5.41) is 11.3. The maximum absolute atomic E-state index is 12.0. The summed E-state index contributed by atoms with van der Waals surface area (Å²) in [7, 11) is 0. The van der Waals surface area contributed by atoms with Crippen molar-refractivity contribution in [1.29, 1.82) is 0 Å². The second-order valence-electron chi connectivity index (χ2n) is 5.79. The van der Waals surface area contributed by atoms with E-state index in [2.05, 4.69) is 35.3 Å². The fourth-order valence-electron chi connectivity index (χ4n) is 2.69. The third-order valence-corrected chi connectivity index (χ3v) is 5.04. The number of carbonyl (C=O) groups is 1. The molecule has 0 atom stereocenters. The largest absolute Gasteiger partial charge is 0.354 e. The van der Waals surface area contributed by atoms with E-state index in [9.17, 15) is 4.79 Å². The van der Waals surface area contributed by atoms with Crippen molar-refractivity contribution in [3.05, 3.63) is 22.1 Å². The lowest BCUT2D eigenvalue weighted by Crippen LogP contribution is -2.49. The van der Waals surface area contributed by atoms with Gasteiger partial charge >= 0.3 is 0 Å². The molecule has 8 nitrogen and oxygen atoms in total. The van der Waals surface area contributed by atoms with Gasteiger partial charge in [0.2, 0.25) is 11.0 Å². The van der Waals surface area contributed by atoms with Crippen molar-refractivity contribution in [2.45, 2.75) is 20.3 Å². The van der Waals surface area contributed by atoms with Gasteiger partial charge in [-0.15, -0.1) is 10.2 Å². The quantitative estimate of drug-likeness (QED) is 0.787. The van der Waals surface area contributed by atoms with Crippen LogP contribution in [-0.2, 0) is 11.2 Å². The summed E-state index contributed by atoms with van der Waals surface area (Å²) in [4.78, 5) is 25.3. The van der Waals surface area contributed by atoms with E-state index in [-0.39, 0.29) is 5.91 Å². The number of hydrogen-bond donors (Lipinski definition) is 1. The molecule has 2 aromatic heterocycles. The molecule has 1 fully saturated rings. The van der Waals surface area contributed by atoms with E-state index in [4.69, 9.17) is 11.6 Å². The Morgan fingerprint density at radius 2 is 2.08 bits per heavy atom. The smallest absolute Gasteiger partial charge is 0.240 e. The van der Waals surface area contributed by atoms with Crippen molar-refractivity contribution in [3.8, 4) is 0 Å². The van der Waals surface area contributed by atoms with Crippen molar-refractivity contribution in [1.82, 2.24) is 25.1 Å². The maximum Gasteiger partial charge on any atom is 0.240 e. The van der Waals surface area contributed by atoms with Gasteiger partial charge in [-0.25, -0.2) is 9.97 Å². The zero-order valence-corrected chi connectivity index (χ0v) is 15.8. The van der Waals surface area contributed by atoms with Crippen molar-refractivity contribution < 1.29 is 4.79 Å². The first-order valence-corrected chi connectivity index (χ1v) is 9.39. The highest BCUT2D eigenvalue weighted by atomic mass is 35.5. The van der Waals surface area contributed by atoms with Gasteiger partial charge in [0.15, 0.2) is 0 Å². The normalized spacial score (nSPS) is 15.4. The van der Waals surface area contributed by atoms with Crippen LogP contribution in [0.25, 0.3) is 0 Å². The van der Waals surface area contributed by atoms with E-state index in [1.807, 2.05) is 13.8 Å². The molecule has 3 rings (SSSR count). The Labute approximate surface area is 155 Å². The third kappa shape index (κ3) is 4.42. The van der Waals surface area contributed by atoms with Crippen LogP contribution >= 0.6 is 22.9 Å². The van der Waals surface area contributed by atoms with Gasteiger partial charge in [-0.05, 0) is 6.92 Å². The number of hydrogen-bond acceptors (Lipinski definition) is 8. The van der Waals surface area contributed by atoms with E-state index in [0.29, 0.717) is 16.8 Å². The SMILES string of the molecule is CCc1nc(Cl)c(C)c(N2CCN(CC(=O)Nc3nncs3)CC2)n1. The molecule has 0 spiro atoms. The van der Waals surface area contributed by atoms with Crippen LogP contribution in [-0.4, -0.2) is 63.7 Å². The summed E-state index contributed by atoms with van der Waals surface area (Å²) < 4.78 is 0. The maximum atomic E-state index is 12.0. The molecule has 3 heterocycles. The van der Waals surface area contributed by atoms with Crippen LogP contribution < -0.4 is 10.2 Å². The molecule has 0 unspecified atom stereocenters. The first-order valence-electron chi connectivity index (χ1n) is 8.13. The van der Waals surface area contributed by atoms with Crippen molar-refractivity contribution >= 4 is 39.8 Å². The lowest BCUT2D eigenvalue weighted by Gasteiger charge is -2.35. The van der Waals surface area contributed by atoms with E-state index >= 15 is 0 Å². The average Bonchev–Trinajstić information content (AvgIpc) is 3.11. The van der Waals surface area contributed by atoms with Gasteiger partial charge in [0.05, 0.1) is 6.54 Å². The number of aromatic nitrogens is 4. The first kappa shape index (κ1) is 18.0. The van der Waals surface area contributed by atoms with Gasteiger partial charge in [-0.1, -0.05) is 29.9 Å². The summed E-state index contributed by atoms with van der Waals surface area (Å²) in [6, 6.07) is 0. The lowest BCUT2D eigenvalue weighted by molar-refractivity contribution is -0.117. The Kier molecular flexibility index (Phi) is 5.77. The number of nitrogens with zero attached hydrogens (tertiary/aromatic N) is 6. The second-order valence-corrected chi connectivity index (χ2v) is 6.98. The number of halogens is 1. The van der Waals surface area contributed by atoms with Gasteiger partial charge in [0, 0.05) is 38.2 Å². The number of aryl methyl sites for hydroxylation is 1. The van der Waals surface area contributed by atoms with Gasteiger partial charge < -0.3 is 4.90 Å². The van der Waals surface area contributed by atoms with Gasteiger partial charge in [-0.3, -0.25) is 15.0 Å². The Balaban J connectivity index is 1.57. The third-order valence-electron chi connectivity index (χ3n) is 4.07. The van der Waals surface area contributed by atoms with E-state index in [1.165, 1.54) is 11.3 Å². The summed E-state index contributed by atoms with van der Waals surface area (Å²) in [6.45, 7) is 7.46. The Morgan fingerprint density at radius 1 is 1.32 bits per heavy atom. The molecule has 1 aliphatic rings. The second kappa shape index (κ2) is 8.03. The number of amides is 1. The summed E-state index contributed by atoms with van der Waals surface area (Å²) in [6.07, 6.45) is 0.749. The molecule has 0 aliphatic carbocycles. The Hall–Kier alpha value is -1.84. The molecule has 0 bridgehead atoms. The molecule has 1 N–H and O–H groups in total. The Bertz CT molecular complexity index is 732. The number of rotatable bonds is 5. The summed E-state index contributed by atoms with van der Waals surface area (Å²) in [5.41, 5.74) is 2.50. The molecule has 0 saturated carbocycles. The minimum Gasteiger partial charge on any atom is -0.354 e. The predicted octanol–water partition coefficient (Wildman–Crippen LogP) is 1.61. The van der Waals surface area contributed by atoms with Gasteiger partial charge in [0.1, 0.15) is 22.3 Å². The van der Waals surface area contributed by atoms with Crippen LogP contribution in [0.5, 0.6) is 0 Å². The van der Waals surface area contributed by atoms with Crippen LogP contribution in [0.1, 0.15) is 18.3 Å². The Morgan fingerprint density at radius 3 is 2.72 bits per heavy atom. The van der Waals surface area contributed by atoms with Crippen molar-refractivity contribution in [3.63, 3.8) is 0 Å². The number of nitrogens with one attached hydrogen (secondary N) is 1. The van der Waals surface area contributed by atoms with Crippen molar-refractivity contribution in [2.75, 3.05) is 42.9 Å². The fraction of sp³-hybridized carbons (Fsp3) is 0.533. The van der Waals surface area contributed by atoms with Gasteiger partial charge in [0.25, 0.3) is 0 Å². The number of carbonyl (C=O) groups excluding carboxylic acids is 1. The van der Waals surface area contributed by atoms with Crippen LogP contribution in [0.4, 0.5) is 10.9 Å². The molecule has 25 heavy (non-hydrogen) atoms. The number of piperazine rings is 1. The molecular formula is C15H20ClN7OS. The molecule has 1 aliphatic heterocycles. The zero-order valence-electron chi connectivity index (χ0n) is 14.2. The highest BCUT2D eigenvalue weighted by Gasteiger charge is 2.22. The molecule has 10 heteroatoms. The van der Waals surface area contributed by atoms with E-state index < -0.39 is 0 Å². The lowest BCUT2D eigenvalue weighted by atomic mass is 10.2. The molecular weight excluding hydrogens is 362 g/mol. The minimum absolute atomic E-state index is 0.0697. The average molecular weight is 382 g/mol. The first-order chi connectivity index (χ1) is 12.1. The molecule has 0 radical (unpaired) electrons. The monoisotopic (exact) mass is 381 g/mol. The fourth-order valence-corrected chi connectivity index (χ4v) is 3.34.